The highest BCUT2D eigenvalue weighted by Gasteiger charge is 2.17. The molecule has 21 heavy (non-hydrogen) atoms. The van der Waals surface area contributed by atoms with E-state index in [0.717, 1.165) is 37.4 Å². The monoisotopic (exact) mass is 331 g/mol. The Balaban J connectivity index is 2.04. The summed E-state index contributed by atoms with van der Waals surface area (Å²) in [5.74, 6) is 1.29. The molecule has 5 heteroatoms. The molecule has 1 aromatic rings. The van der Waals surface area contributed by atoms with Crippen LogP contribution >= 0.6 is 23.2 Å². The number of rotatable bonds is 6. The van der Waals surface area contributed by atoms with E-state index >= 15 is 0 Å². The first kappa shape index (κ1) is 16.9. The summed E-state index contributed by atoms with van der Waals surface area (Å²) in [6, 6.07) is 4.05. The largest absolute Gasteiger partial charge is 0.491 e. The molecule has 1 aliphatic heterocycles. The first-order valence-electron chi connectivity index (χ1n) is 7.48. The molecular formula is C16H23Cl2NO2. The number of halogens is 2. The second kappa shape index (κ2) is 8.23. The molecule has 0 spiro atoms. The molecule has 0 aliphatic carbocycles. The van der Waals surface area contributed by atoms with Gasteiger partial charge in [-0.05, 0) is 30.9 Å². The van der Waals surface area contributed by atoms with Gasteiger partial charge >= 0.3 is 0 Å². The zero-order valence-corrected chi connectivity index (χ0v) is 14.1. The topological polar surface area (TPSA) is 30.5 Å². The second-order valence-corrected chi connectivity index (χ2v) is 6.62. The van der Waals surface area contributed by atoms with E-state index in [4.69, 9.17) is 32.7 Å². The Morgan fingerprint density at radius 3 is 2.67 bits per heavy atom. The van der Waals surface area contributed by atoms with Crippen molar-refractivity contribution >= 4 is 23.2 Å². The standard InChI is InChI=1S/C16H23Cl2NO2/c1-11(2)19-9-13-7-14(17)8-15(18)16(13)21-10-12-3-5-20-6-4-12/h7-8,11-12,19H,3-6,9-10H2,1-2H3. The molecule has 0 amide bonds. The molecule has 0 bridgehead atoms. The second-order valence-electron chi connectivity index (χ2n) is 5.78. The fourth-order valence-corrected chi connectivity index (χ4v) is 2.93. The fraction of sp³-hybridized carbons (Fsp3) is 0.625. The van der Waals surface area contributed by atoms with E-state index in [9.17, 15) is 0 Å². The highest BCUT2D eigenvalue weighted by atomic mass is 35.5. The lowest BCUT2D eigenvalue weighted by Crippen LogP contribution is -2.24. The summed E-state index contributed by atoms with van der Waals surface area (Å²) >= 11 is 12.4. The van der Waals surface area contributed by atoms with Crippen LogP contribution in [0.25, 0.3) is 0 Å². The van der Waals surface area contributed by atoms with Gasteiger partial charge in [0.1, 0.15) is 5.75 Å². The fourth-order valence-electron chi connectivity index (χ4n) is 2.33. The van der Waals surface area contributed by atoms with Gasteiger partial charge in [-0.3, -0.25) is 0 Å². The van der Waals surface area contributed by atoms with Gasteiger partial charge in [-0.25, -0.2) is 0 Å². The minimum absolute atomic E-state index is 0.395. The molecule has 2 rings (SSSR count). The molecule has 1 fully saturated rings. The van der Waals surface area contributed by atoms with Crippen LogP contribution in [0, 0.1) is 5.92 Å². The minimum Gasteiger partial charge on any atom is -0.491 e. The molecule has 1 heterocycles. The highest BCUT2D eigenvalue weighted by Crippen LogP contribution is 2.33. The Bertz CT molecular complexity index is 460. The van der Waals surface area contributed by atoms with Gasteiger partial charge in [0.25, 0.3) is 0 Å². The molecule has 0 radical (unpaired) electrons. The van der Waals surface area contributed by atoms with E-state index in [1.807, 2.05) is 6.07 Å². The van der Waals surface area contributed by atoms with Crippen molar-refractivity contribution in [1.29, 1.82) is 0 Å². The summed E-state index contributed by atoms with van der Waals surface area (Å²) in [6.45, 7) is 7.23. The molecule has 1 aromatic carbocycles. The first-order valence-corrected chi connectivity index (χ1v) is 8.23. The van der Waals surface area contributed by atoms with Crippen LogP contribution in [0.4, 0.5) is 0 Å². The van der Waals surface area contributed by atoms with E-state index in [0.29, 0.717) is 35.2 Å². The summed E-state index contributed by atoms with van der Waals surface area (Å²) in [6.07, 6.45) is 2.09. The Hall–Kier alpha value is -0.480. The van der Waals surface area contributed by atoms with Crippen LogP contribution in [-0.2, 0) is 11.3 Å². The summed E-state index contributed by atoms with van der Waals surface area (Å²) in [5.41, 5.74) is 1.01. The summed E-state index contributed by atoms with van der Waals surface area (Å²) in [5, 5.41) is 4.59. The van der Waals surface area contributed by atoms with Gasteiger partial charge in [-0.15, -0.1) is 0 Å². The van der Waals surface area contributed by atoms with Gasteiger partial charge in [0.05, 0.1) is 11.6 Å². The van der Waals surface area contributed by atoms with Crippen molar-refractivity contribution in [3.05, 3.63) is 27.7 Å². The van der Waals surface area contributed by atoms with Crippen molar-refractivity contribution in [2.45, 2.75) is 39.3 Å². The molecule has 1 saturated heterocycles. The van der Waals surface area contributed by atoms with Crippen molar-refractivity contribution in [2.24, 2.45) is 5.92 Å². The Kier molecular flexibility index (Phi) is 6.62. The Morgan fingerprint density at radius 1 is 1.29 bits per heavy atom. The highest BCUT2D eigenvalue weighted by molar-refractivity contribution is 6.35. The zero-order chi connectivity index (χ0) is 15.2. The van der Waals surface area contributed by atoms with E-state index in [1.165, 1.54) is 0 Å². The summed E-state index contributed by atoms with van der Waals surface area (Å²) < 4.78 is 11.4. The van der Waals surface area contributed by atoms with Crippen LogP contribution in [0.15, 0.2) is 12.1 Å². The van der Waals surface area contributed by atoms with Crippen LogP contribution < -0.4 is 10.1 Å². The smallest absolute Gasteiger partial charge is 0.142 e. The summed E-state index contributed by atoms with van der Waals surface area (Å²) in [4.78, 5) is 0. The number of hydrogen-bond donors (Lipinski definition) is 1. The van der Waals surface area contributed by atoms with Crippen LogP contribution in [0.3, 0.4) is 0 Å². The molecule has 0 saturated carbocycles. The van der Waals surface area contributed by atoms with Gasteiger partial charge in [-0.1, -0.05) is 37.0 Å². The van der Waals surface area contributed by atoms with Crippen LogP contribution in [-0.4, -0.2) is 25.9 Å². The quantitative estimate of drug-likeness (QED) is 0.843. The Labute approximate surface area is 136 Å². The average molecular weight is 332 g/mol. The van der Waals surface area contributed by atoms with Crippen LogP contribution in [0.1, 0.15) is 32.3 Å². The maximum Gasteiger partial charge on any atom is 0.142 e. The molecule has 0 unspecified atom stereocenters. The van der Waals surface area contributed by atoms with Gasteiger partial charge in [0.2, 0.25) is 0 Å². The van der Waals surface area contributed by atoms with Crippen molar-refractivity contribution in [2.75, 3.05) is 19.8 Å². The predicted octanol–water partition coefficient (Wildman–Crippen LogP) is 4.30. The summed E-state index contributed by atoms with van der Waals surface area (Å²) in [7, 11) is 0. The normalized spacial score (nSPS) is 16.4. The van der Waals surface area contributed by atoms with E-state index < -0.39 is 0 Å². The van der Waals surface area contributed by atoms with Crippen molar-refractivity contribution in [3.8, 4) is 5.75 Å². The van der Waals surface area contributed by atoms with Gasteiger partial charge in [-0.2, -0.15) is 0 Å². The number of nitrogens with one attached hydrogen (secondary N) is 1. The average Bonchev–Trinajstić information content (AvgIpc) is 2.45. The maximum absolute atomic E-state index is 6.31. The molecule has 118 valence electrons. The lowest BCUT2D eigenvalue weighted by atomic mass is 10.0. The van der Waals surface area contributed by atoms with E-state index in [1.54, 1.807) is 6.07 Å². The van der Waals surface area contributed by atoms with Gasteiger partial charge in [0.15, 0.2) is 0 Å². The molecular weight excluding hydrogens is 309 g/mol. The lowest BCUT2D eigenvalue weighted by molar-refractivity contribution is 0.0496. The molecule has 0 aromatic heterocycles. The lowest BCUT2D eigenvalue weighted by Gasteiger charge is -2.23. The number of benzene rings is 1. The minimum atomic E-state index is 0.395. The van der Waals surface area contributed by atoms with Crippen molar-refractivity contribution in [3.63, 3.8) is 0 Å². The predicted molar refractivity (Wildman–Crippen MR) is 87.5 cm³/mol. The zero-order valence-electron chi connectivity index (χ0n) is 12.6. The van der Waals surface area contributed by atoms with E-state index in [2.05, 4.69) is 19.2 Å². The molecule has 3 nitrogen and oxygen atoms in total. The molecule has 0 atom stereocenters. The van der Waals surface area contributed by atoms with Crippen molar-refractivity contribution in [1.82, 2.24) is 5.32 Å². The first-order chi connectivity index (χ1) is 10.1. The third-order valence-corrected chi connectivity index (χ3v) is 4.09. The van der Waals surface area contributed by atoms with E-state index in [-0.39, 0.29) is 0 Å². The van der Waals surface area contributed by atoms with Crippen LogP contribution in [0.5, 0.6) is 5.75 Å². The third kappa shape index (κ3) is 5.33. The SMILES string of the molecule is CC(C)NCc1cc(Cl)cc(Cl)c1OCC1CCOCC1. The number of hydrogen-bond acceptors (Lipinski definition) is 3. The maximum atomic E-state index is 6.31. The molecule has 1 N–H and O–H groups in total. The van der Waals surface area contributed by atoms with Gasteiger partial charge in [0, 0.05) is 36.4 Å². The van der Waals surface area contributed by atoms with Crippen LogP contribution in [0.2, 0.25) is 10.0 Å². The van der Waals surface area contributed by atoms with Gasteiger partial charge < -0.3 is 14.8 Å². The Morgan fingerprint density at radius 2 is 2.00 bits per heavy atom. The third-order valence-electron chi connectivity index (χ3n) is 3.59. The van der Waals surface area contributed by atoms with Crippen molar-refractivity contribution < 1.29 is 9.47 Å². The number of ether oxygens (including phenoxy) is 2. The molecule has 1 aliphatic rings.